The number of hydrogen-bond donors (Lipinski definition) is 2. The number of benzene rings is 1. The lowest BCUT2D eigenvalue weighted by Crippen LogP contribution is -2.31. The van der Waals surface area contributed by atoms with E-state index in [1.165, 1.54) is 25.1 Å². The van der Waals surface area contributed by atoms with E-state index in [2.05, 4.69) is 4.72 Å². The zero-order valence-corrected chi connectivity index (χ0v) is 12.6. The number of rotatable bonds is 5. The molecule has 1 saturated heterocycles. The minimum absolute atomic E-state index is 0.0845. The van der Waals surface area contributed by atoms with Crippen molar-refractivity contribution in [3.05, 3.63) is 23.8 Å². The van der Waals surface area contributed by atoms with Crippen LogP contribution in [-0.4, -0.2) is 37.8 Å². The van der Waals surface area contributed by atoms with Crippen LogP contribution < -0.4 is 4.72 Å². The molecule has 0 radical (unpaired) electrons. The number of aromatic hydroxyl groups is 1. The van der Waals surface area contributed by atoms with E-state index in [4.69, 9.17) is 4.74 Å². The second-order valence-electron chi connectivity index (χ2n) is 5.16. The van der Waals surface area contributed by atoms with Crippen LogP contribution in [0.15, 0.2) is 18.2 Å². The van der Waals surface area contributed by atoms with Gasteiger partial charge in [-0.25, -0.2) is 8.42 Å². The normalized spacial score (nSPS) is 19.2. The Morgan fingerprint density at radius 2 is 2.19 bits per heavy atom. The van der Waals surface area contributed by atoms with E-state index in [1.807, 2.05) is 0 Å². The third kappa shape index (κ3) is 4.44. The zero-order chi connectivity index (χ0) is 15.5. The van der Waals surface area contributed by atoms with E-state index in [-0.39, 0.29) is 34.6 Å². The third-order valence-corrected chi connectivity index (χ3v) is 4.67. The molecule has 0 aliphatic carbocycles. The summed E-state index contributed by atoms with van der Waals surface area (Å²) < 4.78 is 32.2. The molecule has 1 aliphatic heterocycles. The Morgan fingerprint density at radius 1 is 1.43 bits per heavy atom. The molecule has 1 fully saturated rings. The molecule has 0 spiro atoms. The molecule has 1 aromatic rings. The minimum atomic E-state index is -3.61. The summed E-state index contributed by atoms with van der Waals surface area (Å²) in [7, 11) is -3.61. The van der Waals surface area contributed by atoms with Gasteiger partial charge in [-0.1, -0.05) is 0 Å². The highest BCUT2D eigenvalue weighted by Crippen LogP contribution is 2.23. The molecule has 0 bridgehead atoms. The molecule has 2 N–H and O–H groups in total. The van der Waals surface area contributed by atoms with E-state index in [1.54, 1.807) is 0 Å². The molecule has 6 nitrogen and oxygen atoms in total. The maximum atomic E-state index is 12.2. The van der Waals surface area contributed by atoms with Crippen molar-refractivity contribution in [3.63, 3.8) is 0 Å². The zero-order valence-electron chi connectivity index (χ0n) is 11.8. The summed E-state index contributed by atoms with van der Waals surface area (Å²) >= 11 is 0. The summed E-state index contributed by atoms with van der Waals surface area (Å²) in [5.41, 5.74) is 0.319. The van der Waals surface area contributed by atoms with Gasteiger partial charge in [0.1, 0.15) is 5.75 Å². The smallest absolute Gasteiger partial charge is 0.235 e. The average molecular weight is 313 g/mol. The summed E-state index contributed by atoms with van der Waals surface area (Å²) in [6.45, 7) is 1.90. The monoisotopic (exact) mass is 313 g/mol. The first-order valence-electron chi connectivity index (χ1n) is 6.83. The van der Waals surface area contributed by atoms with Gasteiger partial charge < -0.3 is 9.84 Å². The quantitative estimate of drug-likeness (QED) is 0.640. The van der Waals surface area contributed by atoms with Crippen molar-refractivity contribution in [3.8, 4) is 5.75 Å². The average Bonchev–Trinajstić information content (AvgIpc) is 2.41. The molecule has 1 heterocycles. The maximum absolute atomic E-state index is 12.2. The van der Waals surface area contributed by atoms with E-state index < -0.39 is 10.0 Å². The predicted molar refractivity (Wildman–Crippen MR) is 79.1 cm³/mol. The molecule has 0 unspecified atom stereocenters. The third-order valence-electron chi connectivity index (χ3n) is 3.33. The van der Waals surface area contributed by atoms with Gasteiger partial charge in [0.25, 0.3) is 0 Å². The lowest BCUT2D eigenvalue weighted by atomic mass is 10.1. The fourth-order valence-corrected chi connectivity index (χ4v) is 3.65. The number of anilines is 1. The number of Topliss-reactive ketones (excluding diaryl/α,β-unsaturated/α-hetero) is 1. The summed E-state index contributed by atoms with van der Waals surface area (Å²) in [5, 5.41) is 9.40. The van der Waals surface area contributed by atoms with Gasteiger partial charge in [-0.15, -0.1) is 0 Å². The molecule has 2 rings (SSSR count). The molecule has 0 amide bonds. The first kappa shape index (κ1) is 15.8. The van der Waals surface area contributed by atoms with Gasteiger partial charge in [0, 0.05) is 12.2 Å². The van der Waals surface area contributed by atoms with Gasteiger partial charge in [-0.05, 0) is 44.4 Å². The molecule has 1 atom stereocenters. The predicted octanol–water partition coefficient (Wildman–Crippen LogP) is 1.91. The number of ketones is 1. The Morgan fingerprint density at radius 3 is 2.81 bits per heavy atom. The van der Waals surface area contributed by atoms with Crippen LogP contribution in [0.1, 0.15) is 36.5 Å². The van der Waals surface area contributed by atoms with Crippen molar-refractivity contribution in [1.82, 2.24) is 0 Å². The SMILES string of the molecule is CC(=O)c1cc(O)ccc1NS(=O)(=O)C[C@H]1CCCCO1. The first-order chi connectivity index (χ1) is 9.87. The van der Waals surface area contributed by atoms with Crippen molar-refractivity contribution >= 4 is 21.5 Å². The molecule has 0 saturated carbocycles. The van der Waals surface area contributed by atoms with Crippen LogP contribution >= 0.6 is 0 Å². The van der Waals surface area contributed by atoms with E-state index in [0.717, 1.165) is 19.3 Å². The Balaban J connectivity index is 2.14. The standard InChI is InChI=1S/C14H19NO5S/c1-10(16)13-8-11(17)5-6-14(13)15-21(18,19)9-12-4-2-3-7-20-12/h5-6,8,12,15,17H,2-4,7,9H2,1H3/t12-/m1/s1. The van der Waals surface area contributed by atoms with Crippen LogP contribution in [0.4, 0.5) is 5.69 Å². The molecule has 1 aromatic carbocycles. The maximum Gasteiger partial charge on any atom is 0.235 e. The fourth-order valence-electron chi connectivity index (χ4n) is 2.31. The van der Waals surface area contributed by atoms with Crippen molar-refractivity contribution in [2.24, 2.45) is 0 Å². The fraction of sp³-hybridized carbons (Fsp3) is 0.500. The Labute approximate surface area is 124 Å². The molecular weight excluding hydrogens is 294 g/mol. The highest BCUT2D eigenvalue weighted by molar-refractivity contribution is 7.92. The lowest BCUT2D eigenvalue weighted by molar-refractivity contribution is 0.0306. The second-order valence-corrected chi connectivity index (χ2v) is 6.93. The number of phenols is 1. The van der Waals surface area contributed by atoms with Crippen molar-refractivity contribution < 1.29 is 23.1 Å². The van der Waals surface area contributed by atoms with Crippen molar-refractivity contribution in [1.29, 1.82) is 0 Å². The Bertz CT molecular complexity index is 620. The summed E-state index contributed by atoms with van der Waals surface area (Å²) in [6.07, 6.45) is 2.32. The lowest BCUT2D eigenvalue weighted by Gasteiger charge is -2.22. The van der Waals surface area contributed by atoms with Gasteiger partial charge in [-0.3, -0.25) is 9.52 Å². The number of nitrogens with one attached hydrogen (secondary N) is 1. The topological polar surface area (TPSA) is 92.7 Å². The minimum Gasteiger partial charge on any atom is -0.508 e. The van der Waals surface area contributed by atoms with Crippen molar-refractivity contribution in [2.75, 3.05) is 17.1 Å². The number of ether oxygens (including phenoxy) is 1. The van der Waals surface area contributed by atoms with Crippen LogP contribution in [0.2, 0.25) is 0 Å². The first-order valence-corrected chi connectivity index (χ1v) is 8.49. The Hall–Kier alpha value is -1.60. The number of hydrogen-bond acceptors (Lipinski definition) is 5. The summed E-state index contributed by atoms with van der Waals surface area (Å²) in [6, 6.07) is 3.96. The number of carbonyl (C=O) groups excluding carboxylic acids is 1. The van der Waals surface area contributed by atoms with E-state index in [0.29, 0.717) is 6.61 Å². The van der Waals surface area contributed by atoms with Crippen LogP contribution in [0.3, 0.4) is 0 Å². The number of carbonyl (C=O) groups is 1. The molecule has 0 aromatic heterocycles. The van der Waals surface area contributed by atoms with Crippen LogP contribution in [0, 0.1) is 0 Å². The highest BCUT2D eigenvalue weighted by Gasteiger charge is 2.23. The molecule has 7 heteroatoms. The van der Waals surface area contributed by atoms with Crippen LogP contribution in [0.5, 0.6) is 5.75 Å². The molecular formula is C14H19NO5S. The number of phenolic OH excluding ortho intramolecular Hbond substituents is 1. The van der Waals surface area contributed by atoms with Gasteiger partial charge in [-0.2, -0.15) is 0 Å². The molecule has 21 heavy (non-hydrogen) atoms. The largest absolute Gasteiger partial charge is 0.508 e. The Kier molecular flexibility index (Phi) is 4.84. The molecule has 116 valence electrons. The van der Waals surface area contributed by atoms with Gasteiger partial charge in [0.15, 0.2) is 5.78 Å². The molecule has 1 aliphatic rings. The van der Waals surface area contributed by atoms with Gasteiger partial charge in [0.05, 0.1) is 17.5 Å². The summed E-state index contributed by atoms with van der Waals surface area (Å²) in [4.78, 5) is 11.5. The van der Waals surface area contributed by atoms with Crippen LogP contribution in [0.25, 0.3) is 0 Å². The second kappa shape index (κ2) is 6.44. The van der Waals surface area contributed by atoms with E-state index >= 15 is 0 Å². The van der Waals surface area contributed by atoms with Crippen molar-refractivity contribution in [2.45, 2.75) is 32.3 Å². The van der Waals surface area contributed by atoms with Crippen LogP contribution in [-0.2, 0) is 14.8 Å². The summed E-state index contributed by atoms with van der Waals surface area (Å²) in [5.74, 6) is -0.540. The van der Waals surface area contributed by atoms with Gasteiger partial charge >= 0.3 is 0 Å². The highest BCUT2D eigenvalue weighted by atomic mass is 32.2. The van der Waals surface area contributed by atoms with E-state index in [9.17, 15) is 18.3 Å². The number of sulfonamides is 1. The van der Waals surface area contributed by atoms with Gasteiger partial charge in [0.2, 0.25) is 10.0 Å².